The second kappa shape index (κ2) is 5.61. The highest BCUT2D eigenvalue weighted by atomic mass is 32.1. The number of benzene rings is 1. The van der Waals surface area contributed by atoms with Gasteiger partial charge in [0.2, 0.25) is 0 Å². The highest BCUT2D eigenvalue weighted by Crippen LogP contribution is 2.18. The molecule has 0 aliphatic rings. The number of thiocarbonyl (C=S) groups is 1. The third kappa shape index (κ3) is 3.47. The largest absolute Gasteiger partial charge is 0.393 e. The number of halogens is 2. The van der Waals surface area contributed by atoms with E-state index in [1.165, 1.54) is 13.0 Å². The molecule has 0 aromatic heterocycles. The summed E-state index contributed by atoms with van der Waals surface area (Å²) in [5.74, 6) is -2.57. The first kappa shape index (κ1) is 15.5. The molecule has 0 atom stereocenters. The molecule has 3 nitrogen and oxygen atoms in total. The molecule has 1 aromatic rings. The van der Waals surface area contributed by atoms with Crippen LogP contribution in [0, 0.1) is 24.0 Å². The maximum Gasteiger partial charge on any atom is 0.257 e. The topological polar surface area (TPSA) is 55.1 Å². The Bertz CT molecular complexity index is 530. The van der Waals surface area contributed by atoms with Crippen LogP contribution in [0.4, 0.5) is 8.78 Å². The van der Waals surface area contributed by atoms with Gasteiger partial charge < -0.3 is 11.1 Å². The van der Waals surface area contributed by atoms with Crippen LogP contribution in [-0.4, -0.2) is 17.4 Å². The van der Waals surface area contributed by atoms with Crippen LogP contribution < -0.4 is 11.1 Å². The molecule has 0 radical (unpaired) electrons. The second-order valence-corrected chi connectivity index (χ2v) is 5.42. The van der Waals surface area contributed by atoms with Gasteiger partial charge in [-0.1, -0.05) is 32.1 Å². The number of carbonyl (C=O) groups is 1. The molecule has 1 aromatic carbocycles. The summed E-state index contributed by atoms with van der Waals surface area (Å²) >= 11 is 4.85. The zero-order valence-corrected chi connectivity index (χ0v) is 11.8. The second-order valence-electron chi connectivity index (χ2n) is 4.98. The molecule has 104 valence electrons. The molecule has 0 aliphatic carbocycles. The molecule has 0 saturated carbocycles. The van der Waals surface area contributed by atoms with Crippen LogP contribution in [0.1, 0.15) is 29.8 Å². The van der Waals surface area contributed by atoms with Gasteiger partial charge in [-0.15, -0.1) is 0 Å². The Morgan fingerprint density at radius 1 is 1.42 bits per heavy atom. The zero-order chi connectivity index (χ0) is 14.8. The average Bonchev–Trinajstić information content (AvgIpc) is 2.32. The van der Waals surface area contributed by atoms with E-state index in [0.717, 1.165) is 6.07 Å². The highest BCUT2D eigenvalue weighted by Gasteiger charge is 2.25. The molecule has 3 N–H and O–H groups in total. The number of aryl methyl sites for hydroxylation is 1. The van der Waals surface area contributed by atoms with Crippen molar-refractivity contribution in [3.8, 4) is 0 Å². The van der Waals surface area contributed by atoms with E-state index in [4.69, 9.17) is 18.0 Å². The van der Waals surface area contributed by atoms with E-state index in [1.807, 2.05) is 0 Å². The number of hydrogen-bond acceptors (Lipinski definition) is 2. The Morgan fingerprint density at radius 2 is 2.00 bits per heavy atom. The summed E-state index contributed by atoms with van der Waals surface area (Å²) in [4.78, 5) is 12.1. The lowest BCUT2D eigenvalue weighted by molar-refractivity contribution is 0.0936. The molecule has 1 amide bonds. The van der Waals surface area contributed by atoms with Crippen molar-refractivity contribution in [2.45, 2.75) is 20.8 Å². The van der Waals surface area contributed by atoms with Crippen molar-refractivity contribution in [2.24, 2.45) is 11.1 Å². The number of carbonyl (C=O) groups excluding carboxylic acids is 1. The Kier molecular flexibility index (Phi) is 4.57. The van der Waals surface area contributed by atoms with Crippen molar-refractivity contribution >= 4 is 23.1 Å². The van der Waals surface area contributed by atoms with Gasteiger partial charge in [-0.05, 0) is 18.6 Å². The van der Waals surface area contributed by atoms with Crippen molar-refractivity contribution in [1.82, 2.24) is 5.32 Å². The molecule has 0 fully saturated rings. The summed E-state index contributed by atoms with van der Waals surface area (Å²) in [6.45, 7) is 5.04. The quantitative estimate of drug-likeness (QED) is 0.835. The number of nitrogens with two attached hydrogens (primary N) is 1. The summed E-state index contributed by atoms with van der Waals surface area (Å²) in [7, 11) is 0. The molecule has 0 aliphatic heterocycles. The molecule has 0 unspecified atom stereocenters. The molecular formula is C13H16F2N2OS. The van der Waals surface area contributed by atoms with Crippen LogP contribution in [-0.2, 0) is 0 Å². The predicted octanol–water partition coefficient (Wildman–Crippen LogP) is 2.32. The van der Waals surface area contributed by atoms with Crippen LogP contribution in [0.5, 0.6) is 0 Å². The van der Waals surface area contributed by atoms with Gasteiger partial charge >= 0.3 is 0 Å². The average molecular weight is 286 g/mol. The van der Waals surface area contributed by atoms with E-state index in [2.05, 4.69) is 5.32 Å². The molecule has 1 rings (SSSR count). The highest BCUT2D eigenvalue weighted by molar-refractivity contribution is 7.80. The van der Waals surface area contributed by atoms with Crippen molar-refractivity contribution in [1.29, 1.82) is 0 Å². The van der Waals surface area contributed by atoms with Crippen LogP contribution >= 0.6 is 12.2 Å². The van der Waals surface area contributed by atoms with Crippen molar-refractivity contribution < 1.29 is 13.6 Å². The minimum absolute atomic E-state index is 0.105. The molecule has 0 spiro atoms. The van der Waals surface area contributed by atoms with E-state index in [-0.39, 0.29) is 17.1 Å². The molecule has 0 heterocycles. The Hall–Kier alpha value is -1.56. The van der Waals surface area contributed by atoms with Crippen LogP contribution in [0.25, 0.3) is 0 Å². The first-order valence-corrected chi connectivity index (χ1v) is 6.10. The smallest absolute Gasteiger partial charge is 0.257 e. The van der Waals surface area contributed by atoms with Gasteiger partial charge in [-0.2, -0.15) is 0 Å². The van der Waals surface area contributed by atoms with Gasteiger partial charge in [0, 0.05) is 12.0 Å². The van der Waals surface area contributed by atoms with Crippen molar-refractivity contribution in [2.75, 3.05) is 6.54 Å². The lowest BCUT2D eigenvalue weighted by Crippen LogP contribution is -2.41. The standard InChI is InChI=1S/C13H16F2N2OS/c1-7-4-5-8(14)9(10(7)15)11(18)17-6-13(2,3)12(16)19/h4-5H,6H2,1-3H3,(H2,16,19)(H,17,18). The Labute approximate surface area is 116 Å². The summed E-state index contributed by atoms with van der Waals surface area (Å²) in [5, 5.41) is 2.44. The van der Waals surface area contributed by atoms with Gasteiger partial charge in [0.05, 0.1) is 4.99 Å². The SMILES string of the molecule is Cc1ccc(F)c(C(=O)NCC(C)(C)C(N)=S)c1F. The first-order chi connectivity index (χ1) is 8.66. The number of nitrogens with one attached hydrogen (secondary N) is 1. The first-order valence-electron chi connectivity index (χ1n) is 5.69. The fourth-order valence-corrected chi connectivity index (χ4v) is 1.41. The molecule has 0 saturated heterocycles. The third-order valence-corrected chi connectivity index (χ3v) is 3.42. The van der Waals surface area contributed by atoms with E-state index in [1.54, 1.807) is 13.8 Å². The molecule has 0 bridgehead atoms. The summed E-state index contributed by atoms with van der Waals surface area (Å²) in [5.41, 5.74) is 4.51. The van der Waals surface area contributed by atoms with E-state index >= 15 is 0 Å². The maximum atomic E-state index is 13.7. The van der Waals surface area contributed by atoms with Crippen LogP contribution in [0.2, 0.25) is 0 Å². The number of hydrogen-bond donors (Lipinski definition) is 2. The Balaban J connectivity index is 2.92. The minimum Gasteiger partial charge on any atom is -0.393 e. The molecule has 6 heteroatoms. The third-order valence-electron chi connectivity index (χ3n) is 2.87. The summed E-state index contributed by atoms with van der Waals surface area (Å²) < 4.78 is 27.2. The van der Waals surface area contributed by atoms with Crippen molar-refractivity contribution in [3.05, 3.63) is 34.9 Å². The fourth-order valence-electron chi connectivity index (χ4n) is 1.34. The van der Waals surface area contributed by atoms with E-state index in [0.29, 0.717) is 0 Å². The van der Waals surface area contributed by atoms with Crippen LogP contribution in [0.15, 0.2) is 12.1 Å². The maximum absolute atomic E-state index is 13.7. The van der Waals surface area contributed by atoms with Gasteiger partial charge in [-0.3, -0.25) is 4.79 Å². The van der Waals surface area contributed by atoms with Crippen molar-refractivity contribution in [3.63, 3.8) is 0 Å². The van der Waals surface area contributed by atoms with E-state index < -0.39 is 28.5 Å². The Morgan fingerprint density at radius 3 is 2.53 bits per heavy atom. The molecule has 19 heavy (non-hydrogen) atoms. The van der Waals surface area contributed by atoms with Gasteiger partial charge in [0.25, 0.3) is 5.91 Å². The minimum atomic E-state index is -0.895. The van der Waals surface area contributed by atoms with E-state index in [9.17, 15) is 13.6 Å². The number of amides is 1. The van der Waals surface area contributed by atoms with Gasteiger partial charge in [0.15, 0.2) is 0 Å². The summed E-state index contributed by atoms with van der Waals surface area (Å²) in [6.07, 6.45) is 0. The normalized spacial score (nSPS) is 11.2. The molecular weight excluding hydrogens is 270 g/mol. The number of rotatable bonds is 4. The van der Waals surface area contributed by atoms with Crippen LogP contribution in [0.3, 0.4) is 0 Å². The lowest BCUT2D eigenvalue weighted by Gasteiger charge is -2.23. The van der Waals surface area contributed by atoms with Gasteiger partial charge in [-0.25, -0.2) is 8.78 Å². The predicted molar refractivity (Wildman–Crippen MR) is 74.0 cm³/mol. The monoisotopic (exact) mass is 286 g/mol. The fraction of sp³-hybridized carbons (Fsp3) is 0.385. The van der Waals surface area contributed by atoms with Gasteiger partial charge in [0.1, 0.15) is 17.2 Å². The zero-order valence-electron chi connectivity index (χ0n) is 11.0. The lowest BCUT2D eigenvalue weighted by atomic mass is 9.93. The summed E-state index contributed by atoms with van der Waals surface area (Å²) in [6, 6.07) is 2.34.